The number of aliphatic imine (C=N–C) groups is 1. The number of nitriles is 1. The molecule has 1 saturated heterocycles. The first-order valence-electron chi connectivity index (χ1n) is 10.8. The van der Waals surface area contributed by atoms with Crippen LogP contribution in [0.5, 0.6) is 0 Å². The number of amides is 2. The second-order valence-electron chi connectivity index (χ2n) is 8.26. The Labute approximate surface area is 196 Å². The van der Waals surface area contributed by atoms with Crippen molar-refractivity contribution in [2.24, 2.45) is 10.9 Å². The Morgan fingerprint density at radius 1 is 1.26 bits per heavy atom. The number of rotatable bonds is 4. The van der Waals surface area contributed by atoms with Crippen molar-refractivity contribution < 1.29 is 14.1 Å². The van der Waals surface area contributed by atoms with Gasteiger partial charge in [0.05, 0.1) is 22.2 Å². The molecule has 1 fully saturated rings. The summed E-state index contributed by atoms with van der Waals surface area (Å²) in [6, 6.07) is 9.80. The first-order chi connectivity index (χ1) is 16.2. The van der Waals surface area contributed by atoms with Crippen LogP contribution in [-0.4, -0.2) is 52.4 Å². The molecule has 3 rings (SSSR count). The topological polar surface area (TPSA) is 127 Å². The fraction of sp³-hybridized carbons (Fsp3) is 0.348. The van der Waals surface area contributed by atoms with Gasteiger partial charge >= 0.3 is 6.03 Å². The molecule has 34 heavy (non-hydrogen) atoms. The summed E-state index contributed by atoms with van der Waals surface area (Å²) in [6.07, 6.45) is 1.80. The Morgan fingerprint density at radius 3 is 2.65 bits per heavy atom. The number of carbonyl (C=O) groups is 1. The Balaban J connectivity index is 1.79. The van der Waals surface area contributed by atoms with E-state index in [1.54, 1.807) is 36.2 Å². The van der Waals surface area contributed by atoms with Gasteiger partial charge in [-0.2, -0.15) is 5.26 Å². The van der Waals surface area contributed by atoms with Crippen molar-refractivity contribution in [3.63, 3.8) is 0 Å². The van der Waals surface area contributed by atoms with Gasteiger partial charge in [-0.05, 0) is 37.1 Å². The monoisotopic (exact) mass is 467 g/mol. The molecule has 1 aliphatic heterocycles. The van der Waals surface area contributed by atoms with Crippen molar-refractivity contribution in [2.75, 3.05) is 30.3 Å². The van der Waals surface area contributed by atoms with Crippen molar-refractivity contribution in [3.05, 3.63) is 64.0 Å². The summed E-state index contributed by atoms with van der Waals surface area (Å²) in [5, 5.41) is 26.4. The van der Waals surface area contributed by atoms with Crippen molar-refractivity contribution in [3.8, 4) is 6.19 Å². The molecule has 0 spiro atoms. The minimum absolute atomic E-state index is 0.0412. The molecular weight excluding hydrogens is 441 g/mol. The predicted octanol–water partition coefficient (Wildman–Crippen LogP) is 4.17. The number of nitrogens with one attached hydrogen (secondary N) is 2. The molecule has 1 aliphatic rings. The van der Waals surface area contributed by atoms with Gasteiger partial charge in [-0.15, -0.1) is 4.99 Å². The summed E-state index contributed by atoms with van der Waals surface area (Å²) >= 11 is 0. The number of benzene rings is 2. The second-order valence-corrected chi connectivity index (χ2v) is 8.26. The normalized spacial score (nSPS) is 16.2. The molecular formula is C23H26FN7O3. The third kappa shape index (κ3) is 5.58. The minimum Gasteiger partial charge on any atom is -0.335 e. The van der Waals surface area contributed by atoms with Gasteiger partial charge in [0.2, 0.25) is 12.2 Å². The number of anilines is 2. The second kappa shape index (κ2) is 10.6. The van der Waals surface area contributed by atoms with E-state index in [4.69, 9.17) is 0 Å². The molecule has 2 aromatic rings. The molecule has 0 bridgehead atoms. The van der Waals surface area contributed by atoms with E-state index in [0.717, 1.165) is 0 Å². The van der Waals surface area contributed by atoms with Gasteiger partial charge in [-0.1, -0.05) is 26.0 Å². The van der Waals surface area contributed by atoms with Gasteiger partial charge in [0.15, 0.2) is 0 Å². The summed E-state index contributed by atoms with van der Waals surface area (Å²) in [6.45, 7) is 6.67. The van der Waals surface area contributed by atoms with Crippen LogP contribution in [0.25, 0.3) is 0 Å². The highest BCUT2D eigenvalue weighted by Crippen LogP contribution is 2.26. The quantitative estimate of drug-likeness (QED) is 0.228. The van der Waals surface area contributed by atoms with Crippen molar-refractivity contribution >= 4 is 29.1 Å². The van der Waals surface area contributed by atoms with Gasteiger partial charge in [0.1, 0.15) is 5.82 Å². The molecule has 10 nitrogen and oxygen atoms in total. The number of nitrogens with zero attached hydrogens (tertiary/aromatic N) is 5. The van der Waals surface area contributed by atoms with Gasteiger partial charge < -0.3 is 20.4 Å². The predicted molar refractivity (Wildman–Crippen MR) is 127 cm³/mol. The van der Waals surface area contributed by atoms with Crippen LogP contribution in [0.4, 0.5) is 26.2 Å². The molecule has 1 unspecified atom stereocenters. The summed E-state index contributed by atoms with van der Waals surface area (Å²) in [5.41, 5.74) is 1.22. The Morgan fingerprint density at radius 2 is 2.00 bits per heavy atom. The summed E-state index contributed by atoms with van der Waals surface area (Å²) < 4.78 is 13.5. The highest BCUT2D eigenvalue weighted by atomic mass is 19.1. The smallest absolute Gasteiger partial charge is 0.321 e. The van der Waals surface area contributed by atoms with E-state index in [-0.39, 0.29) is 29.6 Å². The van der Waals surface area contributed by atoms with E-state index in [0.29, 0.717) is 36.6 Å². The molecule has 0 radical (unpaired) electrons. The molecule has 1 atom stereocenters. The Hall–Kier alpha value is -4.20. The standard InChI is InChI=1S/C23H26FN7O3/c1-15(2)21-13-29(23(32)27-18-7-4-6-17(24)12-18)10-11-30(21)22(26-14-25)28-19-8-5-9-20(16(19)3)31(33)34/h4-9,12,15,21H,10-11,13H2,1-3H3,(H,26,28)(H,27,32). The van der Waals surface area contributed by atoms with E-state index in [1.807, 2.05) is 18.7 Å². The molecule has 2 N–H and O–H groups in total. The average Bonchev–Trinajstić information content (AvgIpc) is 2.79. The van der Waals surface area contributed by atoms with Crippen LogP contribution >= 0.6 is 0 Å². The van der Waals surface area contributed by atoms with E-state index in [9.17, 15) is 24.6 Å². The van der Waals surface area contributed by atoms with E-state index in [2.05, 4.69) is 15.6 Å². The molecule has 0 aliphatic carbocycles. The largest absolute Gasteiger partial charge is 0.335 e. The highest BCUT2D eigenvalue weighted by molar-refractivity contribution is 5.96. The lowest BCUT2D eigenvalue weighted by atomic mass is 10.00. The van der Waals surface area contributed by atoms with Crippen LogP contribution in [0.3, 0.4) is 0 Å². The highest BCUT2D eigenvalue weighted by Gasteiger charge is 2.34. The zero-order chi connectivity index (χ0) is 24.8. The minimum atomic E-state index is -0.464. The first-order valence-corrected chi connectivity index (χ1v) is 10.8. The summed E-state index contributed by atoms with van der Waals surface area (Å²) in [7, 11) is 0. The van der Waals surface area contributed by atoms with Crippen LogP contribution in [0.2, 0.25) is 0 Å². The van der Waals surface area contributed by atoms with Gasteiger partial charge in [-0.25, -0.2) is 9.18 Å². The van der Waals surface area contributed by atoms with E-state index < -0.39 is 10.7 Å². The van der Waals surface area contributed by atoms with Crippen molar-refractivity contribution in [1.29, 1.82) is 5.26 Å². The van der Waals surface area contributed by atoms with Gasteiger partial charge in [0.25, 0.3) is 5.69 Å². The summed E-state index contributed by atoms with van der Waals surface area (Å²) in [5.74, 6) is -0.0980. The van der Waals surface area contributed by atoms with Crippen LogP contribution < -0.4 is 10.6 Å². The number of urea groups is 1. The Bertz CT molecular complexity index is 1150. The Kier molecular flexibility index (Phi) is 7.63. The molecule has 0 aromatic heterocycles. The molecule has 2 aromatic carbocycles. The molecule has 1 heterocycles. The number of nitro benzene ring substituents is 1. The van der Waals surface area contributed by atoms with Crippen LogP contribution in [0, 0.1) is 40.2 Å². The van der Waals surface area contributed by atoms with Crippen LogP contribution in [-0.2, 0) is 0 Å². The van der Waals surface area contributed by atoms with Gasteiger partial charge in [-0.3, -0.25) is 10.1 Å². The third-order valence-corrected chi connectivity index (χ3v) is 5.73. The zero-order valence-electron chi connectivity index (χ0n) is 19.2. The first kappa shape index (κ1) is 24.4. The van der Waals surface area contributed by atoms with E-state index >= 15 is 0 Å². The maximum absolute atomic E-state index is 13.5. The number of hydrogen-bond donors (Lipinski definition) is 2. The SMILES string of the molecule is Cc1c(N/C(=N/C#N)N2CCN(C(=O)Nc3cccc(F)c3)CC2C(C)C)cccc1[N+](=O)[O-]. The zero-order valence-corrected chi connectivity index (χ0v) is 19.2. The number of hydrogen-bond acceptors (Lipinski definition) is 5. The third-order valence-electron chi connectivity index (χ3n) is 5.73. The number of piperazine rings is 1. The number of nitro groups is 1. The average molecular weight is 468 g/mol. The fourth-order valence-corrected chi connectivity index (χ4v) is 3.89. The summed E-state index contributed by atoms with van der Waals surface area (Å²) in [4.78, 5) is 31.1. The number of guanidine groups is 1. The molecule has 11 heteroatoms. The molecule has 0 saturated carbocycles. The van der Waals surface area contributed by atoms with Gasteiger partial charge in [0, 0.05) is 31.4 Å². The fourth-order valence-electron chi connectivity index (χ4n) is 3.89. The van der Waals surface area contributed by atoms with Crippen LogP contribution in [0.1, 0.15) is 19.4 Å². The van der Waals surface area contributed by atoms with E-state index in [1.165, 1.54) is 24.3 Å². The van der Waals surface area contributed by atoms with Crippen molar-refractivity contribution in [2.45, 2.75) is 26.8 Å². The lowest BCUT2D eigenvalue weighted by Gasteiger charge is -2.44. The maximum Gasteiger partial charge on any atom is 0.321 e. The lowest BCUT2D eigenvalue weighted by molar-refractivity contribution is -0.385. The lowest BCUT2D eigenvalue weighted by Crippen LogP contribution is -2.60. The van der Waals surface area contributed by atoms with Crippen LogP contribution in [0.15, 0.2) is 47.5 Å². The van der Waals surface area contributed by atoms with Crippen molar-refractivity contribution in [1.82, 2.24) is 9.80 Å². The number of halogens is 1. The maximum atomic E-state index is 13.5. The molecule has 2 amide bonds. The molecule has 178 valence electrons. The number of carbonyl (C=O) groups excluding carboxylic acids is 1.